The number of ether oxygens (including phenoxy) is 1. The van der Waals surface area contributed by atoms with E-state index in [1.807, 2.05) is 42.7 Å². The number of anilines is 1. The Morgan fingerprint density at radius 3 is 2.17 bits per heavy atom. The lowest BCUT2D eigenvalue weighted by atomic mass is 10.1. The van der Waals surface area contributed by atoms with Gasteiger partial charge in [0.1, 0.15) is 11.9 Å². The van der Waals surface area contributed by atoms with Crippen molar-refractivity contribution in [1.82, 2.24) is 14.5 Å². The number of hydrogen-bond acceptors (Lipinski definition) is 7. The van der Waals surface area contributed by atoms with Crippen molar-refractivity contribution in [2.24, 2.45) is 0 Å². The number of aromatic nitrogens is 3. The molecule has 0 unspecified atom stereocenters. The van der Waals surface area contributed by atoms with Gasteiger partial charge in [-0.25, -0.2) is 18.4 Å². The van der Waals surface area contributed by atoms with Gasteiger partial charge in [0, 0.05) is 68.1 Å². The van der Waals surface area contributed by atoms with Crippen molar-refractivity contribution in [3.8, 4) is 22.6 Å². The van der Waals surface area contributed by atoms with Crippen LogP contribution < -0.4 is 15.2 Å². The first kappa shape index (κ1) is 23.7. The predicted molar refractivity (Wildman–Crippen MR) is 138 cm³/mol. The van der Waals surface area contributed by atoms with Gasteiger partial charge in [0.15, 0.2) is 9.84 Å². The molecule has 0 amide bonds. The number of rotatable bonds is 6. The number of sulfone groups is 1. The van der Waals surface area contributed by atoms with E-state index >= 15 is 0 Å². The van der Waals surface area contributed by atoms with Gasteiger partial charge in [0.2, 0.25) is 5.95 Å². The minimum atomic E-state index is -3.29. The van der Waals surface area contributed by atoms with Gasteiger partial charge in [-0.05, 0) is 35.9 Å². The smallest absolute Gasteiger partial charge is 0.258 e. The van der Waals surface area contributed by atoms with E-state index in [4.69, 9.17) is 4.74 Å². The van der Waals surface area contributed by atoms with Gasteiger partial charge >= 0.3 is 0 Å². The molecule has 4 aromatic rings. The van der Waals surface area contributed by atoms with Gasteiger partial charge in [-0.1, -0.05) is 30.3 Å². The lowest BCUT2D eigenvalue weighted by Crippen LogP contribution is -2.39. The molecule has 0 N–H and O–H groups in total. The van der Waals surface area contributed by atoms with E-state index in [0.717, 1.165) is 43.3 Å². The molecule has 1 aliphatic rings. The van der Waals surface area contributed by atoms with E-state index in [1.165, 1.54) is 22.8 Å². The van der Waals surface area contributed by atoms with Crippen LogP contribution in [0.25, 0.3) is 16.8 Å². The van der Waals surface area contributed by atoms with Crippen LogP contribution >= 0.6 is 0 Å². The second kappa shape index (κ2) is 9.94. The van der Waals surface area contributed by atoms with Gasteiger partial charge in [-0.3, -0.25) is 9.36 Å². The molecule has 0 spiro atoms. The fourth-order valence-corrected chi connectivity index (χ4v) is 4.86. The molecule has 1 aliphatic heterocycles. The summed E-state index contributed by atoms with van der Waals surface area (Å²) in [6.07, 6.45) is 8.08. The van der Waals surface area contributed by atoms with Crippen molar-refractivity contribution in [1.29, 1.82) is 0 Å². The molecule has 0 bridgehead atoms. The normalized spacial score (nSPS) is 14.5. The maximum absolute atomic E-state index is 12.7. The summed E-state index contributed by atoms with van der Waals surface area (Å²) in [5.41, 5.74) is 2.41. The Labute approximate surface area is 209 Å². The predicted octanol–water partition coefficient (Wildman–Crippen LogP) is 3.75. The highest BCUT2D eigenvalue weighted by Crippen LogP contribution is 2.23. The topological polar surface area (TPSA) is 94.4 Å². The maximum atomic E-state index is 12.7. The molecule has 2 aromatic heterocycles. The van der Waals surface area contributed by atoms with Gasteiger partial charge < -0.3 is 9.64 Å². The third-order valence-electron chi connectivity index (χ3n) is 6.21. The van der Waals surface area contributed by atoms with Gasteiger partial charge in [-0.15, -0.1) is 0 Å². The zero-order chi connectivity index (χ0) is 25.1. The zero-order valence-electron chi connectivity index (χ0n) is 19.8. The second-order valence-corrected chi connectivity index (χ2v) is 10.8. The Morgan fingerprint density at radius 2 is 1.56 bits per heavy atom. The minimum absolute atomic E-state index is 0.00543. The van der Waals surface area contributed by atoms with Crippen molar-refractivity contribution >= 4 is 15.8 Å². The standard InChI is InChI=1S/C27H26N4O4S/c1-36(33,34)25-9-7-22(8-10-25)31-16-13-24(17-26(31)32)35-23-11-14-30(15-12-23)27-28-18-21(19-29-27)20-5-3-2-4-6-20/h2-10,13,16-19,23H,11-12,14-15H2,1H3. The van der Waals surface area contributed by atoms with Crippen LogP contribution in [0.3, 0.4) is 0 Å². The molecule has 0 atom stereocenters. The third kappa shape index (κ3) is 5.31. The number of pyridine rings is 1. The van der Waals surface area contributed by atoms with Crippen molar-refractivity contribution in [3.05, 3.63) is 95.7 Å². The lowest BCUT2D eigenvalue weighted by Gasteiger charge is -2.32. The van der Waals surface area contributed by atoms with Gasteiger partial charge in [0.25, 0.3) is 5.56 Å². The Bertz CT molecular complexity index is 1490. The number of nitrogens with zero attached hydrogens (tertiary/aromatic N) is 4. The van der Waals surface area contributed by atoms with Crippen LogP contribution in [0.15, 0.2) is 95.0 Å². The number of hydrogen-bond donors (Lipinski definition) is 0. The number of piperidine rings is 1. The fraction of sp³-hybridized carbons (Fsp3) is 0.222. The highest BCUT2D eigenvalue weighted by atomic mass is 32.2. The molecule has 1 fully saturated rings. The Morgan fingerprint density at radius 1 is 0.889 bits per heavy atom. The quantitative estimate of drug-likeness (QED) is 0.396. The summed E-state index contributed by atoms with van der Waals surface area (Å²) >= 11 is 0. The summed E-state index contributed by atoms with van der Waals surface area (Å²) in [5, 5.41) is 0. The first-order chi connectivity index (χ1) is 17.4. The van der Waals surface area contributed by atoms with E-state index < -0.39 is 9.84 Å². The Kier molecular flexibility index (Phi) is 6.56. The fourth-order valence-electron chi connectivity index (χ4n) is 4.23. The van der Waals surface area contributed by atoms with Crippen LogP contribution in [0.2, 0.25) is 0 Å². The summed E-state index contributed by atoms with van der Waals surface area (Å²) in [6, 6.07) is 19.5. The molecule has 3 heterocycles. The molecule has 184 valence electrons. The first-order valence-corrected chi connectivity index (χ1v) is 13.6. The summed E-state index contributed by atoms with van der Waals surface area (Å²) < 4.78 is 30.9. The first-order valence-electron chi connectivity index (χ1n) is 11.7. The van der Waals surface area contributed by atoms with Crippen LogP contribution in [0.4, 0.5) is 5.95 Å². The highest BCUT2D eigenvalue weighted by Gasteiger charge is 2.22. The van der Waals surface area contributed by atoms with Crippen LogP contribution in [0.1, 0.15) is 12.8 Å². The molecule has 9 heteroatoms. The molecule has 2 aromatic carbocycles. The SMILES string of the molecule is CS(=O)(=O)c1ccc(-n2ccc(OC3CCN(c4ncc(-c5ccccc5)cn4)CC3)cc2=O)cc1. The molecule has 5 rings (SSSR count). The molecule has 0 aliphatic carbocycles. The molecule has 1 saturated heterocycles. The average molecular weight is 503 g/mol. The van der Waals surface area contributed by atoms with E-state index in [0.29, 0.717) is 17.4 Å². The van der Waals surface area contributed by atoms with Crippen molar-refractivity contribution in [2.45, 2.75) is 23.8 Å². The lowest BCUT2D eigenvalue weighted by molar-refractivity contribution is 0.170. The van der Waals surface area contributed by atoms with Crippen LogP contribution in [-0.2, 0) is 9.84 Å². The van der Waals surface area contributed by atoms with E-state index in [1.54, 1.807) is 24.4 Å². The summed E-state index contributed by atoms with van der Waals surface area (Å²) in [4.78, 5) is 24.1. The monoisotopic (exact) mass is 502 g/mol. The van der Waals surface area contributed by atoms with Crippen LogP contribution in [0.5, 0.6) is 5.75 Å². The average Bonchev–Trinajstić information content (AvgIpc) is 2.89. The van der Waals surface area contributed by atoms with Crippen LogP contribution in [-0.4, -0.2) is 48.4 Å². The molecule has 0 saturated carbocycles. The number of benzene rings is 2. The second-order valence-electron chi connectivity index (χ2n) is 8.78. The van der Waals surface area contributed by atoms with Crippen molar-refractivity contribution in [2.75, 3.05) is 24.2 Å². The van der Waals surface area contributed by atoms with Crippen LogP contribution in [0, 0.1) is 0 Å². The summed E-state index contributed by atoms with van der Waals surface area (Å²) in [5.74, 6) is 1.23. The summed E-state index contributed by atoms with van der Waals surface area (Å²) in [6.45, 7) is 1.53. The van der Waals surface area contributed by atoms with Crippen molar-refractivity contribution in [3.63, 3.8) is 0 Å². The van der Waals surface area contributed by atoms with E-state index in [9.17, 15) is 13.2 Å². The molecule has 0 radical (unpaired) electrons. The largest absolute Gasteiger partial charge is 0.490 e. The summed E-state index contributed by atoms with van der Waals surface area (Å²) in [7, 11) is -3.29. The molecular weight excluding hydrogens is 476 g/mol. The van der Waals surface area contributed by atoms with Gasteiger partial charge in [-0.2, -0.15) is 0 Å². The van der Waals surface area contributed by atoms with E-state index in [-0.39, 0.29) is 16.6 Å². The highest BCUT2D eigenvalue weighted by molar-refractivity contribution is 7.90. The van der Waals surface area contributed by atoms with E-state index in [2.05, 4.69) is 14.9 Å². The molecular formula is C27H26N4O4S. The van der Waals surface area contributed by atoms with Gasteiger partial charge in [0.05, 0.1) is 4.90 Å². The molecule has 36 heavy (non-hydrogen) atoms. The minimum Gasteiger partial charge on any atom is -0.490 e. The Hall–Kier alpha value is -3.98. The Balaban J connectivity index is 1.19. The van der Waals surface area contributed by atoms with Crippen molar-refractivity contribution < 1.29 is 13.2 Å². The molecule has 8 nitrogen and oxygen atoms in total. The maximum Gasteiger partial charge on any atom is 0.258 e. The third-order valence-corrected chi connectivity index (χ3v) is 7.34. The zero-order valence-corrected chi connectivity index (χ0v) is 20.6.